The summed E-state index contributed by atoms with van der Waals surface area (Å²) in [6, 6.07) is 3.16. The first-order valence-corrected chi connectivity index (χ1v) is 8.10. The SMILES string of the molecule is N#CC1(NC2CC2)CCCC(OCC2CCCC2)C1. The summed E-state index contributed by atoms with van der Waals surface area (Å²) in [5.74, 6) is 0.787. The maximum absolute atomic E-state index is 9.55. The molecule has 0 aliphatic heterocycles. The average molecular weight is 262 g/mol. The Balaban J connectivity index is 1.49. The first-order valence-electron chi connectivity index (χ1n) is 8.10. The number of rotatable bonds is 5. The maximum Gasteiger partial charge on any atom is 0.109 e. The van der Waals surface area contributed by atoms with Gasteiger partial charge in [-0.3, -0.25) is 5.32 Å². The molecule has 0 bridgehead atoms. The highest BCUT2D eigenvalue weighted by molar-refractivity contribution is 5.12. The summed E-state index contributed by atoms with van der Waals surface area (Å²) in [6.45, 7) is 0.926. The van der Waals surface area contributed by atoms with Crippen molar-refractivity contribution < 1.29 is 4.74 Å². The van der Waals surface area contributed by atoms with Crippen LogP contribution in [0, 0.1) is 17.2 Å². The molecule has 3 fully saturated rings. The van der Waals surface area contributed by atoms with Crippen LogP contribution in [0.1, 0.15) is 64.2 Å². The minimum absolute atomic E-state index is 0.292. The van der Waals surface area contributed by atoms with Crippen LogP contribution in [0.25, 0.3) is 0 Å². The van der Waals surface area contributed by atoms with Crippen LogP contribution >= 0.6 is 0 Å². The standard InChI is InChI=1S/C16H26N2O/c17-12-16(18-14-7-8-14)9-3-6-15(10-16)19-11-13-4-1-2-5-13/h13-15,18H,1-11H2. The van der Waals surface area contributed by atoms with Gasteiger partial charge < -0.3 is 4.74 Å². The highest BCUT2D eigenvalue weighted by atomic mass is 16.5. The van der Waals surface area contributed by atoms with Crippen LogP contribution in [-0.4, -0.2) is 24.3 Å². The lowest BCUT2D eigenvalue weighted by Gasteiger charge is -2.37. The number of nitriles is 1. The van der Waals surface area contributed by atoms with E-state index in [0.717, 1.165) is 38.2 Å². The molecule has 3 aliphatic carbocycles. The largest absolute Gasteiger partial charge is 0.378 e. The fourth-order valence-corrected chi connectivity index (χ4v) is 3.70. The summed E-state index contributed by atoms with van der Waals surface area (Å²) < 4.78 is 6.13. The zero-order valence-electron chi connectivity index (χ0n) is 11.9. The lowest BCUT2D eigenvalue weighted by molar-refractivity contribution is -0.00774. The van der Waals surface area contributed by atoms with E-state index in [1.165, 1.54) is 38.5 Å². The molecule has 3 rings (SSSR count). The molecule has 0 saturated heterocycles. The van der Waals surface area contributed by atoms with E-state index in [9.17, 15) is 5.26 Å². The Hall–Kier alpha value is -0.590. The van der Waals surface area contributed by atoms with Crippen molar-refractivity contribution in [2.45, 2.75) is 81.9 Å². The summed E-state index contributed by atoms with van der Waals surface area (Å²) in [5, 5.41) is 13.1. The molecule has 0 spiro atoms. The van der Waals surface area contributed by atoms with Crippen molar-refractivity contribution in [3.63, 3.8) is 0 Å². The van der Waals surface area contributed by atoms with E-state index in [0.29, 0.717) is 12.1 Å². The van der Waals surface area contributed by atoms with Crippen LogP contribution in [-0.2, 0) is 4.74 Å². The van der Waals surface area contributed by atoms with Gasteiger partial charge in [-0.1, -0.05) is 12.8 Å². The minimum Gasteiger partial charge on any atom is -0.378 e. The molecular formula is C16H26N2O. The summed E-state index contributed by atoms with van der Waals surface area (Å²) >= 11 is 0. The van der Waals surface area contributed by atoms with Crippen LogP contribution in [0.2, 0.25) is 0 Å². The van der Waals surface area contributed by atoms with E-state index in [1.807, 2.05) is 0 Å². The van der Waals surface area contributed by atoms with E-state index in [-0.39, 0.29) is 5.54 Å². The molecule has 19 heavy (non-hydrogen) atoms. The van der Waals surface area contributed by atoms with Crippen LogP contribution in [0.4, 0.5) is 0 Å². The van der Waals surface area contributed by atoms with E-state index in [1.54, 1.807) is 0 Å². The molecule has 2 atom stereocenters. The van der Waals surface area contributed by atoms with Crippen molar-refractivity contribution in [3.8, 4) is 6.07 Å². The lowest BCUT2D eigenvalue weighted by Crippen LogP contribution is -2.50. The maximum atomic E-state index is 9.55. The molecule has 0 aromatic heterocycles. The summed E-state index contributed by atoms with van der Waals surface area (Å²) in [6.07, 6.45) is 12.4. The van der Waals surface area contributed by atoms with Crippen molar-refractivity contribution in [3.05, 3.63) is 0 Å². The van der Waals surface area contributed by atoms with E-state index < -0.39 is 0 Å². The number of hydrogen-bond donors (Lipinski definition) is 1. The van der Waals surface area contributed by atoms with Gasteiger partial charge in [0, 0.05) is 19.1 Å². The summed E-state index contributed by atoms with van der Waals surface area (Å²) in [4.78, 5) is 0. The van der Waals surface area contributed by atoms with E-state index in [4.69, 9.17) is 4.74 Å². The molecule has 3 heteroatoms. The van der Waals surface area contributed by atoms with Gasteiger partial charge in [0.15, 0.2) is 0 Å². The zero-order chi connectivity index (χ0) is 13.1. The fourth-order valence-electron chi connectivity index (χ4n) is 3.70. The summed E-state index contributed by atoms with van der Waals surface area (Å²) in [5.41, 5.74) is -0.292. The quantitative estimate of drug-likeness (QED) is 0.828. The second-order valence-electron chi connectivity index (χ2n) is 6.81. The molecule has 3 aliphatic rings. The molecule has 0 amide bonds. The first-order chi connectivity index (χ1) is 9.30. The first kappa shape index (κ1) is 13.4. The highest BCUT2D eigenvalue weighted by Crippen LogP contribution is 2.34. The van der Waals surface area contributed by atoms with Crippen LogP contribution < -0.4 is 5.32 Å². The molecule has 0 aromatic rings. The Morgan fingerprint density at radius 1 is 1.11 bits per heavy atom. The van der Waals surface area contributed by atoms with Crippen molar-refractivity contribution in [2.75, 3.05) is 6.61 Å². The molecule has 0 heterocycles. The summed E-state index contributed by atoms with van der Waals surface area (Å²) in [7, 11) is 0. The smallest absolute Gasteiger partial charge is 0.109 e. The molecule has 0 radical (unpaired) electrons. The highest BCUT2D eigenvalue weighted by Gasteiger charge is 2.41. The van der Waals surface area contributed by atoms with Gasteiger partial charge in [0.1, 0.15) is 5.54 Å². The third-order valence-corrected chi connectivity index (χ3v) is 5.02. The average Bonchev–Trinajstić information content (AvgIpc) is 3.08. The Morgan fingerprint density at radius 2 is 1.89 bits per heavy atom. The molecule has 2 unspecified atom stereocenters. The Kier molecular flexibility index (Phi) is 4.10. The predicted molar refractivity (Wildman–Crippen MR) is 74.7 cm³/mol. The zero-order valence-corrected chi connectivity index (χ0v) is 11.9. The Bertz CT molecular complexity index is 341. The molecule has 1 N–H and O–H groups in total. The van der Waals surface area contributed by atoms with Gasteiger partial charge in [-0.05, 0) is 50.9 Å². The van der Waals surface area contributed by atoms with Gasteiger partial charge >= 0.3 is 0 Å². The van der Waals surface area contributed by atoms with Crippen molar-refractivity contribution in [1.29, 1.82) is 5.26 Å². The molecule has 3 saturated carbocycles. The molecule has 3 nitrogen and oxygen atoms in total. The molecule has 106 valence electrons. The predicted octanol–water partition coefficient (Wildman–Crippen LogP) is 3.15. The van der Waals surface area contributed by atoms with Crippen molar-refractivity contribution >= 4 is 0 Å². The monoisotopic (exact) mass is 262 g/mol. The van der Waals surface area contributed by atoms with Crippen molar-refractivity contribution in [2.24, 2.45) is 5.92 Å². The number of ether oxygens (including phenoxy) is 1. The fraction of sp³-hybridized carbons (Fsp3) is 0.938. The van der Waals surface area contributed by atoms with Crippen LogP contribution in [0.3, 0.4) is 0 Å². The normalized spacial score (nSPS) is 36.3. The van der Waals surface area contributed by atoms with E-state index >= 15 is 0 Å². The number of hydrogen-bond acceptors (Lipinski definition) is 3. The van der Waals surface area contributed by atoms with Crippen LogP contribution in [0.5, 0.6) is 0 Å². The topological polar surface area (TPSA) is 45.0 Å². The van der Waals surface area contributed by atoms with Gasteiger partial charge in [0.05, 0.1) is 12.2 Å². The van der Waals surface area contributed by atoms with Gasteiger partial charge in [0.2, 0.25) is 0 Å². The second-order valence-corrected chi connectivity index (χ2v) is 6.81. The Labute approximate surface area is 116 Å². The number of nitrogens with zero attached hydrogens (tertiary/aromatic N) is 1. The third-order valence-electron chi connectivity index (χ3n) is 5.02. The Morgan fingerprint density at radius 3 is 2.58 bits per heavy atom. The van der Waals surface area contributed by atoms with Crippen LogP contribution in [0.15, 0.2) is 0 Å². The van der Waals surface area contributed by atoms with Gasteiger partial charge in [-0.25, -0.2) is 0 Å². The number of nitrogens with one attached hydrogen (secondary N) is 1. The molecular weight excluding hydrogens is 236 g/mol. The second kappa shape index (κ2) is 5.81. The van der Waals surface area contributed by atoms with Crippen molar-refractivity contribution in [1.82, 2.24) is 5.32 Å². The van der Waals surface area contributed by atoms with Gasteiger partial charge in [-0.2, -0.15) is 5.26 Å². The van der Waals surface area contributed by atoms with Gasteiger partial charge in [-0.15, -0.1) is 0 Å². The van der Waals surface area contributed by atoms with Gasteiger partial charge in [0.25, 0.3) is 0 Å². The molecule has 0 aromatic carbocycles. The lowest BCUT2D eigenvalue weighted by atomic mass is 9.81. The third kappa shape index (κ3) is 3.49. The van der Waals surface area contributed by atoms with E-state index in [2.05, 4.69) is 11.4 Å². The minimum atomic E-state index is -0.292.